The molecule has 0 aliphatic carbocycles. The van der Waals surface area contributed by atoms with Crippen molar-refractivity contribution in [2.45, 2.75) is 13.3 Å². The fraction of sp³-hybridized carbons (Fsp3) is 0.227. The Morgan fingerprint density at radius 3 is 2.47 bits per heavy atom. The lowest BCUT2D eigenvalue weighted by atomic mass is 9.88. The number of esters is 1. The lowest BCUT2D eigenvalue weighted by Gasteiger charge is -2.33. The average Bonchev–Trinajstić information content (AvgIpc) is 2.73. The van der Waals surface area contributed by atoms with Crippen LogP contribution in [-0.2, 0) is 19.1 Å². The van der Waals surface area contributed by atoms with Crippen molar-refractivity contribution < 1.29 is 23.9 Å². The zero-order valence-corrected chi connectivity index (χ0v) is 17.5. The number of para-hydroxylation sites is 1. The monoisotopic (exact) mass is 428 g/mol. The van der Waals surface area contributed by atoms with Crippen molar-refractivity contribution in [3.63, 3.8) is 0 Å². The Kier molecular flexibility index (Phi) is 6.42. The smallest absolute Gasteiger partial charge is 0.336 e. The van der Waals surface area contributed by atoms with Crippen LogP contribution in [0.25, 0.3) is 0 Å². The normalized spacial score (nSPS) is 16.3. The summed E-state index contributed by atoms with van der Waals surface area (Å²) in [6, 6.07) is 13.7. The summed E-state index contributed by atoms with van der Waals surface area (Å²) in [4.78, 5) is 40.0. The highest BCUT2D eigenvalue weighted by atomic mass is 35.5. The topological polar surface area (TPSA) is 84.9 Å². The molecule has 1 aliphatic heterocycles. The first-order chi connectivity index (χ1) is 14.4. The number of methoxy groups -OCH3 is 2. The quantitative estimate of drug-likeness (QED) is 0.732. The zero-order valence-electron chi connectivity index (χ0n) is 16.8. The molecule has 0 spiro atoms. The van der Waals surface area contributed by atoms with Gasteiger partial charge in [-0.05, 0) is 37.3 Å². The fourth-order valence-corrected chi connectivity index (χ4v) is 3.64. The van der Waals surface area contributed by atoms with Gasteiger partial charge in [-0.15, -0.1) is 0 Å². The number of rotatable bonds is 5. The maximum atomic E-state index is 13.1. The van der Waals surface area contributed by atoms with Crippen LogP contribution in [0.1, 0.15) is 13.3 Å². The van der Waals surface area contributed by atoms with Crippen LogP contribution in [-0.4, -0.2) is 32.0 Å². The van der Waals surface area contributed by atoms with Gasteiger partial charge in [-0.3, -0.25) is 14.5 Å². The summed E-state index contributed by atoms with van der Waals surface area (Å²) in [5, 5.41) is 3.12. The summed E-state index contributed by atoms with van der Waals surface area (Å²) in [7, 11) is 2.70. The number of nitrogens with zero attached hydrogens (tertiary/aromatic N) is 1. The Balaban J connectivity index is 2.01. The molecular weight excluding hydrogens is 408 g/mol. The van der Waals surface area contributed by atoms with Crippen LogP contribution < -0.4 is 15.0 Å². The lowest BCUT2D eigenvalue weighted by molar-refractivity contribution is -0.138. The molecular formula is C22H21ClN2O5. The minimum Gasteiger partial charge on any atom is -0.495 e. The molecule has 7 nitrogen and oxygen atoms in total. The average molecular weight is 429 g/mol. The molecule has 0 saturated heterocycles. The molecule has 156 valence electrons. The van der Waals surface area contributed by atoms with E-state index in [0.717, 1.165) is 0 Å². The number of carbonyl (C=O) groups excluding carboxylic acids is 3. The van der Waals surface area contributed by atoms with Crippen LogP contribution >= 0.6 is 11.6 Å². The number of amides is 2. The Morgan fingerprint density at radius 2 is 1.83 bits per heavy atom. The van der Waals surface area contributed by atoms with Gasteiger partial charge in [0.15, 0.2) is 0 Å². The van der Waals surface area contributed by atoms with E-state index in [1.807, 2.05) is 6.07 Å². The summed E-state index contributed by atoms with van der Waals surface area (Å²) < 4.78 is 10.2. The molecule has 0 aromatic heterocycles. The van der Waals surface area contributed by atoms with Gasteiger partial charge in [0, 0.05) is 22.8 Å². The molecule has 3 rings (SSSR count). The van der Waals surface area contributed by atoms with Gasteiger partial charge in [0.1, 0.15) is 5.75 Å². The lowest BCUT2D eigenvalue weighted by Crippen LogP contribution is -2.43. The third kappa shape index (κ3) is 4.16. The molecule has 0 radical (unpaired) electrons. The molecule has 0 fully saturated rings. The van der Waals surface area contributed by atoms with E-state index in [2.05, 4.69) is 5.32 Å². The van der Waals surface area contributed by atoms with Crippen molar-refractivity contribution in [1.29, 1.82) is 0 Å². The van der Waals surface area contributed by atoms with Crippen LogP contribution in [0.15, 0.2) is 59.8 Å². The predicted molar refractivity (Wildman–Crippen MR) is 113 cm³/mol. The zero-order chi connectivity index (χ0) is 21.8. The number of anilines is 2. The van der Waals surface area contributed by atoms with Gasteiger partial charge >= 0.3 is 5.97 Å². The molecule has 0 saturated carbocycles. The standard InChI is InChI=1S/C22H21ClN2O5/c1-13-20(22(28)30-3)16(12-19(26)25(13)15-7-5-4-6-8-15)21(27)24-17-11-14(23)9-10-18(17)29-2/h4-11,16H,12H2,1-3H3,(H,24,27). The molecule has 1 unspecified atom stereocenters. The van der Waals surface area contributed by atoms with Gasteiger partial charge in [0.2, 0.25) is 11.8 Å². The number of carbonyl (C=O) groups is 3. The van der Waals surface area contributed by atoms with E-state index >= 15 is 0 Å². The number of halogens is 1. The van der Waals surface area contributed by atoms with E-state index in [-0.39, 0.29) is 17.9 Å². The molecule has 1 aliphatic rings. The van der Waals surface area contributed by atoms with Crippen LogP contribution in [0.2, 0.25) is 5.02 Å². The molecule has 1 atom stereocenters. The maximum Gasteiger partial charge on any atom is 0.336 e. The van der Waals surface area contributed by atoms with E-state index in [4.69, 9.17) is 21.1 Å². The number of hydrogen-bond acceptors (Lipinski definition) is 5. The highest BCUT2D eigenvalue weighted by Crippen LogP contribution is 2.35. The van der Waals surface area contributed by atoms with Gasteiger partial charge < -0.3 is 14.8 Å². The Labute approximate surface area is 179 Å². The van der Waals surface area contributed by atoms with Gasteiger partial charge in [-0.25, -0.2) is 4.79 Å². The Morgan fingerprint density at radius 1 is 1.13 bits per heavy atom. The van der Waals surface area contributed by atoms with Crippen molar-refractivity contribution >= 4 is 40.8 Å². The van der Waals surface area contributed by atoms with Gasteiger partial charge in [0.25, 0.3) is 0 Å². The molecule has 2 amide bonds. The summed E-state index contributed by atoms with van der Waals surface area (Å²) in [5.74, 6) is -2.12. The molecule has 2 aromatic rings. The van der Waals surface area contributed by atoms with Gasteiger partial charge in [-0.1, -0.05) is 29.8 Å². The molecule has 8 heteroatoms. The number of benzene rings is 2. The first kappa shape index (κ1) is 21.4. The number of nitrogens with one attached hydrogen (secondary N) is 1. The molecule has 1 N–H and O–H groups in total. The van der Waals surface area contributed by atoms with E-state index in [1.165, 1.54) is 25.2 Å². The third-order valence-corrected chi connectivity index (χ3v) is 5.09. The second kappa shape index (κ2) is 9.00. The molecule has 1 heterocycles. The number of hydrogen-bond donors (Lipinski definition) is 1. The summed E-state index contributed by atoms with van der Waals surface area (Å²) in [5.41, 5.74) is 1.42. The molecule has 0 bridgehead atoms. The summed E-state index contributed by atoms with van der Waals surface area (Å²) in [6.07, 6.45) is -0.189. The second-order valence-electron chi connectivity index (χ2n) is 6.65. The first-order valence-electron chi connectivity index (χ1n) is 9.18. The number of allylic oxidation sites excluding steroid dienone is 1. The summed E-state index contributed by atoms with van der Waals surface area (Å²) in [6.45, 7) is 1.62. The third-order valence-electron chi connectivity index (χ3n) is 4.86. The van der Waals surface area contributed by atoms with E-state index < -0.39 is 17.8 Å². The van der Waals surface area contributed by atoms with Gasteiger partial charge in [-0.2, -0.15) is 0 Å². The van der Waals surface area contributed by atoms with Gasteiger partial charge in [0.05, 0.1) is 31.4 Å². The Hall–Kier alpha value is -3.32. The second-order valence-corrected chi connectivity index (χ2v) is 7.08. The number of ether oxygens (including phenoxy) is 2. The van der Waals surface area contributed by atoms with Crippen molar-refractivity contribution in [2.24, 2.45) is 5.92 Å². The van der Waals surface area contributed by atoms with Crippen molar-refractivity contribution in [2.75, 3.05) is 24.4 Å². The first-order valence-corrected chi connectivity index (χ1v) is 9.56. The van der Waals surface area contributed by atoms with Crippen LogP contribution in [0, 0.1) is 5.92 Å². The minimum atomic E-state index is -1.02. The molecule has 2 aromatic carbocycles. The van der Waals surface area contributed by atoms with Crippen molar-refractivity contribution in [3.8, 4) is 5.75 Å². The van der Waals surface area contributed by atoms with E-state index in [1.54, 1.807) is 43.3 Å². The fourth-order valence-electron chi connectivity index (χ4n) is 3.46. The minimum absolute atomic E-state index is 0.124. The Bertz CT molecular complexity index is 1020. The van der Waals surface area contributed by atoms with Crippen molar-refractivity contribution in [1.82, 2.24) is 0 Å². The van der Waals surface area contributed by atoms with Crippen LogP contribution in [0.3, 0.4) is 0 Å². The predicted octanol–water partition coefficient (Wildman–Crippen LogP) is 3.79. The van der Waals surface area contributed by atoms with Crippen molar-refractivity contribution in [3.05, 3.63) is 64.8 Å². The maximum absolute atomic E-state index is 13.1. The van der Waals surface area contributed by atoms with Crippen LogP contribution in [0.5, 0.6) is 5.75 Å². The SMILES string of the molecule is COC(=O)C1=C(C)N(c2ccccc2)C(=O)CC1C(=O)Nc1cc(Cl)ccc1OC. The highest BCUT2D eigenvalue weighted by Gasteiger charge is 2.40. The summed E-state index contributed by atoms with van der Waals surface area (Å²) >= 11 is 6.03. The highest BCUT2D eigenvalue weighted by molar-refractivity contribution is 6.31. The molecule has 30 heavy (non-hydrogen) atoms. The van der Waals surface area contributed by atoms with Crippen LogP contribution in [0.4, 0.5) is 11.4 Å². The van der Waals surface area contributed by atoms with E-state index in [0.29, 0.717) is 27.8 Å². The van der Waals surface area contributed by atoms with E-state index in [9.17, 15) is 14.4 Å². The largest absolute Gasteiger partial charge is 0.495 e.